The average molecular weight is 788 g/mol. The zero-order valence-corrected chi connectivity index (χ0v) is 33.1. The second-order valence-corrected chi connectivity index (χ2v) is 18.5. The third kappa shape index (κ3) is 6.96. The van der Waals surface area contributed by atoms with E-state index in [1.807, 2.05) is 13.8 Å². The molecule has 3 aliphatic heterocycles. The Morgan fingerprint density at radius 1 is 1.02 bits per heavy atom. The highest BCUT2D eigenvalue weighted by Crippen LogP contribution is 2.56. The summed E-state index contributed by atoms with van der Waals surface area (Å²) in [5.41, 5.74) is 0.0793. The minimum absolute atomic E-state index is 0.0142. The van der Waals surface area contributed by atoms with Crippen molar-refractivity contribution in [3.8, 4) is 35.4 Å². The lowest BCUT2D eigenvalue weighted by molar-refractivity contribution is -0.0832. The molecule has 13 heteroatoms. The van der Waals surface area contributed by atoms with Crippen LogP contribution >= 0.6 is 0 Å². The van der Waals surface area contributed by atoms with E-state index >= 15 is 4.39 Å². The van der Waals surface area contributed by atoms with Gasteiger partial charge in [-0.3, -0.25) is 9.88 Å². The summed E-state index contributed by atoms with van der Waals surface area (Å²) in [6.45, 7) is 7.73. The molecule has 5 aliphatic rings. The number of benzene rings is 2. The van der Waals surface area contributed by atoms with E-state index in [1.54, 1.807) is 0 Å². The molecule has 0 amide bonds. The van der Waals surface area contributed by atoms with E-state index in [4.69, 9.17) is 25.9 Å². The van der Waals surface area contributed by atoms with Gasteiger partial charge in [-0.25, -0.2) is 17.2 Å². The fourth-order valence-corrected chi connectivity index (χ4v) is 12.1. The molecule has 2 unspecified atom stereocenters. The number of terminal acetylenes is 1. The fraction of sp³-hybridized carbons (Fsp3) is 0.558. The number of halogens is 2. The number of phenolic OH excluding ortho intramolecular Hbond substituents is 1. The lowest BCUT2D eigenvalue weighted by atomic mass is 9.60. The molecule has 56 heavy (non-hydrogen) atoms. The third-order valence-corrected chi connectivity index (χ3v) is 14.8. The third-order valence-electron chi connectivity index (χ3n) is 13.1. The van der Waals surface area contributed by atoms with Gasteiger partial charge in [0.2, 0.25) is 0 Å². The van der Waals surface area contributed by atoms with Gasteiger partial charge in [-0.05, 0) is 93.3 Å². The summed E-state index contributed by atoms with van der Waals surface area (Å²) in [7, 11) is -2.90. The Morgan fingerprint density at radius 3 is 2.59 bits per heavy atom. The normalized spacial score (nSPS) is 24.8. The summed E-state index contributed by atoms with van der Waals surface area (Å²) in [5.74, 6) is 2.01. The number of ether oxygens (including phenoxy) is 2. The minimum Gasteiger partial charge on any atom is -0.508 e. The highest BCUT2D eigenvalue weighted by Gasteiger charge is 2.55. The van der Waals surface area contributed by atoms with Gasteiger partial charge in [-0.15, -0.1) is 6.42 Å². The van der Waals surface area contributed by atoms with Crippen molar-refractivity contribution in [3.05, 3.63) is 47.7 Å². The monoisotopic (exact) mass is 787 g/mol. The molecular weight excluding hydrogens is 737 g/mol. The van der Waals surface area contributed by atoms with Gasteiger partial charge in [0.1, 0.15) is 38.4 Å². The van der Waals surface area contributed by atoms with E-state index < -0.39 is 21.5 Å². The summed E-state index contributed by atoms with van der Waals surface area (Å²) < 4.78 is 68.6. The van der Waals surface area contributed by atoms with Crippen LogP contribution in [0.1, 0.15) is 83.6 Å². The SMILES string of the molecule is C#Cc1c(F)ccc2cc(O)cc(-c3ncc4c(N5CCCOCC5)nc(OCC56CCCC5N(C5CC7(CCS(=O)(=O)CC7)C5)CCC6)nc4c3F)c12.CC. The van der Waals surface area contributed by atoms with Crippen molar-refractivity contribution in [3.63, 3.8) is 0 Å². The molecule has 2 aliphatic carbocycles. The Bertz CT molecular complexity index is 2270. The summed E-state index contributed by atoms with van der Waals surface area (Å²) in [6, 6.07) is 6.42. The Kier molecular flexibility index (Phi) is 10.6. The van der Waals surface area contributed by atoms with E-state index in [0.717, 1.165) is 70.8 Å². The molecule has 298 valence electrons. The molecule has 0 bridgehead atoms. The van der Waals surface area contributed by atoms with Crippen LogP contribution in [0.5, 0.6) is 11.8 Å². The minimum atomic E-state index is -2.90. The van der Waals surface area contributed by atoms with Crippen LogP contribution in [-0.2, 0) is 14.6 Å². The van der Waals surface area contributed by atoms with E-state index in [0.29, 0.717) is 73.1 Å². The van der Waals surface area contributed by atoms with Gasteiger partial charge in [0.15, 0.2) is 5.82 Å². The molecule has 1 N–H and O–H groups in total. The van der Waals surface area contributed by atoms with Crippen LogP contribution in [-0.4, -0.2) is 96.4 Å². The summed E-state index contributed by atoms with van der Waals surface area (Å²) >= 11 is 0. The summed E-state index contributed by atoms with van der Waals surface area (Å²) in [6.07, 6.45) is 17.0. The van der Waals surface area contributed by atoms with Crippen molar-refractivity contribution in [2.24, 2.45) is 10.8 Å². The summed E-state index contributed by atoms with van der Waals surface area (Å²) in [5, 5.41) is 11.8. The lowest BCUT2D eigenvalue weighted by Crippen LogP contribution is -2.61. The first-order chi connectivity index (χ1) is 27.1. The van der Waals surface area contributed by atoms with Gasteiger partial charge in [0, 0.05) is 54.3 Å². The molecule has 2 saturated carbocycles. The number of rotatable bonds is 6. The number of piperidine rings is 1. The predicted molar refractivity (Wildman–Crippen MR) is 214 cm³/mol. The molecule has 2 atom stereocenters. The quantitative estimate of drug-likeness (QED) is 0.198. The molecule has 10 nitrogen and oxygen atoms in total. The van der Waals surface area contributed by atoms with Gasteiger partial charge in [0.25, 0.3) is 0 Å². The molecule has 5 fully saturated rings. The van der Waals surface area contributed by atoms with Gasteiger partial charge in [-0.2, -0.15) is 9.97 Å². The Labute approximate surface area is 327 Å². The molecule has 2 aromatic heterocycles. The maximum atomic E-state index is 17.0. The lowest BCUT2D eigenvalue weighted by Gasteiger charge is -2.58. The topological polar surface area (TPSA) is 118 Å². The van der Waals surface area contributed by atoms with Crippen LogP contribution in [0.2, 0.25) is 0 Å². The van der Waals surface area contributed by atoms with Crippen molar-refractivity contribution in [2.75, 3.05) is 55.9 Å². The smallest absolute Gasteiger partial charge is 0.319 e. The van der Waals surface area contributed by atoms with Crippen LogP contribution in [0.25, 0.3) is 32.9 Å². The van der Waals surface area contributed by atoms with Gasteiger partial charge < -0.3 is 19.5 Å². The van der Waals surface area contributed by atoms with Crippen molar-refractivity contribution >= 4 is 37.3 Å². The van der Waals surface area contributed by atoms with E-state index in [1.165, 1.54) is 30.5 Å². The van der Waals surface area contributed by atoms with Crippen LogP contribution in [0.3, 0.4) is 0 Å². The van der Waals surface area contributed by atoms with Crippen molar-refractivity contribution in [2.45, 2.75) is 90.1 Å². The zero-order chi connectivity index (χ0) is 39.2. The van der Waals surface area contributed by atoms with Crippen LogP contribution in [0, 0.1) is 34.8 Å². The van der Waals surface area contributed by atoms with E-state index in [9.17, 15) is 17.9 Å². The van der Waals surface area contributed by atoms with E-state index in [2.05, 4.69) is 20.7 Å². The maximum absolute atomic E-state index is 17.0. The standard InChI is InChI=1S/C41H45F2N5O5S.C2H6/c1-2-29-32(42)8-7-26-20-28(49)21-30(34(26)29)36-35(43)37-31(24-44-36)38(47-13-5-16-52-17-15-47)46-39(45-37)53-25-41-9-3-6-33(41)48(14-4-10-41)27-22-40(23-27)11-18-54(50,51)19-12-40;1-2/h1,7-8,20-21,24,27,33,49H,3-6,9-19,22-23,25H2;1-2H3. The number of likely N-dealkylation sites (tertiary alicyclic amines) is 1. The molecule has 4 aromatic rings. The number of fused-ring (bicyclic) bond motifs is 3. The number of hydrogen-bond donors (Lipinski definition) is 1. The molecule has 9 rings (SSSR count). The Morgan fingerprint density at radius 2 is 1.80 bits per heavy atom. The Balaban J connectivity index is 0.00000217. The Hall–Kier alpha value is -4.12. The van der Waals surface area contributed by atoms with E-state index in [-0.39, 0.29) is 50.3 Å². The highest BCUT2D eigenvalue weighted by molar-refractivity contribution is 7.91. The zero-order valence-electron chi connectivity index (χ0n) is 32.3. The number of anilines is 1. The molecule has 2 aromatic carbocycles. The predicted octanol–water partition coefficient (Wildman–Crippen LogP) is 7.43. The van der Waals surface area contributed by atoms with Crippen LogP contribution in [0.15, 0.2) is 30.5 Å². The van der Waals surface area contributed by atoms with Gasteiger partial charge >= 0.3 is 6.01 Å². The number of hydrogen-bond acceptors (Lipinski definition) is 10. The molecule has 5 heterocycles. The first-order valence-electron chi connectivity index (χ1n) is 20.3. The first kappa shape index (κ1) is 38.7. The first-order valence-corrected chi connectivity index (χ1v) is 22.1. The van der Waals surface area contributed by atoms with Gasteiger partial charge in [0.05, 0.1) is 35.7 Å². The molecule has 1 spiro atoms. The number of pyridine rings is 1. The molecule has 0 radical (unpaired) electrons. The number of phenols is 1. The van der Waals surface area contributed by atoms with Crippen LogP contribution < -0.4 is 9.64 Å². The molecule has 3 saturated heterocycles. The second kappa shape index (κ2) is 15.3. The number of sulfone groups is 1. The van der Waals surface area contributed by atoms with Crippen molar-refractivity contribution < 1.29 is 31.8 Å². The fourth-order valence-electron chi connectivity index (χ4n) is 10.4. The largest absolute Gasteiger partial charge is 0.508 e. The highest BCUT2D eigenvalue weighted by atomic mass is 32.2. The summed E-state index contributed by atoms with van der Waals surface area (Å²) in [4.78, 5) is 18.9. The number of nitrogens with zero attached hydrogens (tertiary/aromatic N) is 5. The van der Waals surface area contributed by atoms with Gasteiger partial charge in [-0.1, -0.05) is 32.3 Å². The molecular formula is C43H51F2N5O5S. The van der Waals surface area contributed by atoms with Crippen LogP contribution in [0.4, 0.5) is 14.6 Å². The number of aromatic hydroxyl groups is 1. The maximum Gasteiger partial charge on any atom is 0.319 e. The van der Waals surface area contributed by atoms with Crippen molar-refractivity contribution in [1.82, 2.24) is 19.9 Å². The van der Waals surface area contributed by atoms with Crippen molar-refractivity contribution in [1.29, 1.82) is 0 Å². The average Bonchev–Trinajstić information content (AvgIpc) is 3.44. The number of aromatic nitrogens is 3. The second-order valence-electron chi connectivity index (χ2n) is 16.2.